The number of halogens is 1. The number of benzene rings is 2. The number of nitrogens with two attached hydrogens (primary N) is 1. The van der Waals surface area contributed by atoms with Crippen LogP contribution in [0, 0.1) is 17.1 Å². The molecular formula is C25H24FN3O7. The van der Waals surface area contributed by atoms with Gasteiger partial charge in [-0.15, -0.1) is 0 Å². The van der Waals surface area contributed by atoms with Gasteiger partial charge in [-0.25, -0.2) is 14.0 Å². The lowest BCUT2D eigenvalue weighted by Crippen LogP contribution is -2.40. The molecule has 0 aliphatic carbocycles. The Bertz CT molecular complexity index is 1270. The van der Waals surface area contributed by atoms with E-state index in [2.05, 4.69) is 0 Å². The van der Waals surface area contributed by atoms with Crippen molar-refractivity contribution in [3.8, 4) is 23.3 Å². The predicted octanol–water partition coefficient (Wildman–Crippen LogP) is 2.75. The second-order valence-corrected chi connectivity index (χ2v) is 7.36. The van der Waals surface area contributed by atoms with Crippen molar-refractivity contribution in [1.29, 1.82) is 5.26 Å². The van der Waals surface area contributed by atoms with Crippen LogP contribution in [-0.2, 0) is 19.1 Å². The number of allylic oxidation sites excluding steroid dienone is 1. The molecule has 0 spiro atoms. The highest BCUT2D eigenvalue weighted by atomic mass is 19.1. The van der Waals surface area contributed by atoms with Crippen molar-refractivity contribution in [2.75, 3.05) is 40.4 Å². The molecule has 0 saturated heterocycles. The predicted molar refractivity (Wildman–Crippen MR) is 126 cm³/mol. The number of nitriles is 1. The van der Waals surface area contributed by atoms with E-state index >= 15 is 0 Å². The van der Waals surface area contributed by atoms with Gasteiger partial charge in [-0.3, -0.25) is 4.90 Å². The molecule has 0 saturated carbocycles. The largest absolute Gasteiger partial charge is 0.493 e. The van der Waals surface area contributed by atoms with Crippen molar-refractivity contribution in [3.63, 3.8) is 0 Å². The summed E-state index contributed by atoms with van der Waals surface area (Å²) in [5, 5.41) is 10.2. The van der Waals surface area contributed by atoms with E-state index in [1.165, 1.54) is 45.6 Å². The number of carbonyl (C=O) groups excluding carboxylic acids is 2. The topological polar surface area (TPSA) is 133 Å². The van der Waals surface area contributed by atoms with Gasteiger partial charge in [-0.2, -0.15) is 5.26 Å². The zero-order chi connectivity index (χ0) is 26.6. The van der Waals surface area contributed by atoms with Gasteiger partial charge in [0.2, 0.25) is 5.75 Å². The van der Waals surface area contributed by atoms with Crippen molar-refractivity contribution in [3.05, 3.63) is 70.4 Å². The van der Waals surface area contributed by atoms with Gasteiger partial charge in [-0.1, -0.05) is 0 Å². The number of ether oxygens (including phenoxy) is 5. The lowest BCUT2D eigenvalue weighted by Gasteiger charge is -2.36. The van der Waals surface area contributed by atoms with E-state index in [-0.39, 0.29) is 45.6 Å². The second-order valence-electron chi connectivity index (χ2n) is 7.36. The minimum atomic E-state index is -1.18. The van der Waals surface area contributed by atoms with Gasteiger partial charge in [-0.05, 0) is 42.0 Å². The van der Waals surface area contributed by atoms with Crippen molar-refractivity contribution < 1.29 is 37.7 Å². The Labute approximate surface area is 206 Å². The Balaban J connectivity index is 2.45. The zero-order valence-corrected chi connectivity index (χ0v) is 20.2. The number of esters is 2. The quantitative estimate of drug-likeness (QED) is 0.569. The first-order chi connectivity index (χ1) is 17.3. The van der Waals surface area contributed by atoms with E-state index in [1.807, 2.05) is 6.07 Å². The normalized spacial score (nSPS) is 15.2. The fourth-order valence-corrected chi connectivity index (χ4v) is 3.99. The molecule has 188 valence electrons. The molecule has 3 rings (SSSR count). The van der Waals surface area contributed by atoms with Gasteiger partial charge in [0.05, 0.1) is 58.7 Å². The standard InChI is InChI=1S/C25H24FN3O7/c1-32-17-10-13(11-18(33-2)22(17)34-3)19-16(12-27)23(28)29(15-8-6-14(26)7-9-15)21(25(31)36-5)20(19)24(30)35-4/h6-11,19H,28H2,1-5H3/t19-/m1/s1. The van der Waals surface area contributed by atoms with Gasteiger partial charge in [0, 0.05) is 5.69 Å². The summed E-state index contributed by atoms with van der Waals surface area (Å²) < 4.78 is 39.8. The summed E-state index contributed by atoms with van der Waals surface area (Å²) in [4.78, 5) is 27.4. The summed E-state index contributed by atoms with van der Waals surface area (Å²) in [7, 11) is 6.50. The van der Waals surface area contributed by atoms with E-state index < -0.39 is 23.7 Å². The maximum atomic E-state index is 13.6. The second kappa shape index (κ2) is 10.7. The third-order valence-corrected chi connectivity index (χ3v) is 5.58. The van der Waals surface area contributed by atoms with Crippen LogP contribution in [0.25, 0.3) is 0 Å². The summed E-state index contributed by atoms with van der Waals surface area (Å²) in [6.07, 6.45) is 0. The van der Waals surface area contributed by atoms with Crippen molar-refractivity contribution in [2.24, 2.45) is 5.73 Å². The van der Waals surface area contributed by atoms with Crippen LogP contribution in [0.15, 0.2) is 59.1 Å². The molecule has 1 aliphatic heterocycles. The van der Waals surface area contributed by atoms with E-state index in [1.54, 1.807) is 0 Å². The van der Waals surface area contributed by atoms with Gasteiger partial charge < -0.3 is 29.4 Å². The lowest BCUT2D eigenvalue weighted by atomic mass is 9.80. The SMILES string of the molecule is COC(=O)C1=C(C(=O)OC)N(c2ccc(F)cc2)C(N)=C(C#N)[C@H]1c1cc(OC)c(OC)c(OC)c1. The monoisotopic (exact) mass is 497 g/mol. The third-order valence-electron chi connectivity index (χ3n) is 5.58. The van der Waals surface area contributed by atoms with E-state index in [9.17, 15) is 19.2 Å². The number of hydrogen-bond donors (Lipinski definition) is 1. The summed E-state index contributed by atoms with van der Waals surface area (Å²) in [5.74, 6) is -2.97. The smallest absolute Gasteiger partial charge is 0.355 e. The average Bonchev–Trinajstić information content (AvgIpc) is 2.90. The lowest BCUT2D eigenvalue weighted by molar-refractivity contribution is -0.139. The Morgan fingerprint density at radius 3 is 1.94 bits per heavy atom. The maximum absolute atomic E-state index is 13.6. The number of methoxy groups -OCH3 is 5. The van der Waals surface area contributed by atoms with Crippen LogP contribution in [0.4, 0.5) is 10.1 Å². The molecule has 1 atom stereocenters. The van der Waals surface area contributed by atoms with Crippen molar-refractivity contribution in [2.45, 2.75) is 5.92 Å². The van der Waals surface area contributed by atoms with Crippen molar-refractivity contribution >= 4 is 17.6 Å². The molecule has 1 heterocycles. The Hall–Kier alpha value is -4.72. The highest BCUT2D eigenvalue weighted by Gasteiger charge is 2.43. The Kier molecular flexibility index (Phi) is 7.69. The van der Waals surface area contributed by atoms with Crippen LogP contribution in [-0.4, -0.2) is 47.5 Å². The number of hydrogen-bond acceptors (Lipinski definition) is 10. The van der Waals surface area contributed by atoms with Crippen LogP contribution in [0.5, 0.6) is 17.2 Å². The number of rotatable bonds is 7. The van der Waals surface area contributed by atoms with E-state index in [0.717, 1.165) is 31.3 Å². The molecule has 0 radical (unpaired) electrons. The Morgan fingerprint density at radius 1 is 0.944 bits per heavy atom. The molecule has 10 nitrogen and oxygen atoms in total. The maximum Gasteiger partial charge on any atom is 0.355 e. The zero-order valence-electron chi connectivity index (χ0n) is 20.2. The number of carbonyl (C=O) groups is 2. The summed E-state index contributed by atoms with van der Waals surface area (Å²) in [6.45, 7) is 0. The van der Waals surface area contributed by atoms with Crippen LogP contribution in [0.2, 0.25) is 0 Å². The molecule has 0 bridgehead atoms. The molecule has 0 fully saturated rings. The Morgan fingerprint density at radius 2 is 1.50 bits per heavy atom. The summed E-state index contributed by atoms with van der Waals surface area (Å²) in [6, 6.07) is 10.1. The minimum Gasteiger partial charge on any atom is -0.493 e. The highest BCUT2D eigenvalue weighted by molar-refractivity contribution is 6.06. The molecule has 36 heavy (non-hydrogen) atoms. The molecular weight excluding hydrogens is 473 g/mol. The first-order valence-electron chi connectivity index (χ1n) is 10.4. The van der Waals surface area contributed by atoms with Gasteiger partial charge in [0.15, 0.2) is 11.5 Å². The average molecular weight is 497 g/mol. The number of nitrogens with zero attached hydrogens (tertiary/aromatic N) is 2. The summed E-state index contributed by atoms with van der Waals surface area (Å²) in [5.41, 5.74) is 6.35. The molecule has 0 aromatic heterocycles. The molecule has 11 heteroatoms. The molecule has 0 unspecified atom stereocenters. The van der Waals surface area contributed by atoms with Crippen LogP contribution < -0.4 is 24.8 Å². The summed E-state index contributed by atoms with van der Waals surface area (Å²) >= 11 is 0. The first kappa shape index (κ1) is 25.9. The van der Waals surface area contributed by atoms with Crippen molar-refractivity contribution in [1.82, 2.24) is 0 Å². The molecule has 2 aromatic rings. The highest BCUT2D eigenvalue weighted by Crippen LogP contribution is 2.47. The van der Waals surface area contributed by atoms with Gasteiger partial charge in [0.1, 0.15) is 17.3 Å². The fourth-order valence-electron chi connectivity index (χ4n) is 3.99. The van der Waals surface area contributed by atoms with E-state index in [0.29, 0.717) is 5.56 Å². The van der Waals surface area contributed by atoms with Crippen LogP contribution in [0.3, 0.4) is 0 Å². The minimum absolute atomic E-state index is 0.0818. The van der Waals surface area contributed by atoms with E-state index in [4.69, 9.17) is 29.4 Å². The molecule has 2 aromatic carbocycles. The van der Waals surface area contributed by atoms with Gasteiger partial charge >= 0.3 is 11.9 Å². The fraction of sp³-hybridized carbons (Fsp3) is 0.240. The first-order valence-corrected chi connectivity index (χ1v) is 10.4. The van der Waals surface area contributed by atoms with Crippen LogP contribution >= 0.6 is 0 Å². The molecule has 2 N–H and O–H groups in total. The molecule has 0 amide bonds. The third kappa shape index (κ3) is 4.36. The number of anilines is 1. The molecule has 1 aliphatic rings. The van der Waals surface area contributed by atoms with Crippen LogP contribution in [0.1, 0.15) is 11.5 Å². The van der Waals surface area contributed by atoms with Gasteiger partial charge in [0.25, 0.3) is 0 Å².